The summed E-state index contributed by atoms with van der Waals surface area (Å²) in [6.07, 6.45) is 3.44. The van der Waals surface area contributed by atoms with Gasteiger partial charge in [0.15, 0.2) is 5.69 Å². The summed E-state index contributed by atoms with van der Waals surface area (Å²) in [5.74, 6) is 0.0448. The fourth-order valence-corrected chi connectivity index (χ4v) is 2.81. The van der Waals surface area contributed by atoms with Crippen LogP contribution >= 0.6 is 0 Å². The summed E-state index contributed by atoms with van der Waals surface area (Å²) in [6, 6.07) is 3.09. The molecule has 0 atom stereocenters. The molecule has 0 amide bonds. The van der Waals surface area contributed by atoms with Gasteiger partial charge in [0, 0.05) is 5.92 Å². The molecule has 2 aromatic heterocycles. The van der Waals surface area contributed by atoms with E-state index in [9.17, 15) is 15.0 Å². The third-order valence-corrected chi connectivity index (χ3v) is 3.93. The number of imidazole rings is 1. The Kier molecular flexibility index (Phi) is 3.10. The molecule has 1 aliphatic rings. The largest absolute Gasteiger partial charge is 0.506 e. The number of hydrogen-bond donors (Lipinski definition) is 2. The highest BCUT2D eigenvalue weighted by atomic mass is 16.4. The van der Waals surface area contributed by atoms with Crippen molar-refractivity contribution in [3.63, 3.8) is 0 Å². The number of aromatic carboxylic acids is 1. The van der Waals surface area contributed by atoms with Crippen LogP contribution in [0.1, 0.15) is 35.1 Å². The average Bonchev–Trinajstić information content (AvgIpc) is 2.78. The molecule has 106 valence electrons. The van der Waals surface area contributed by atoms with E-state index in [0.29, 0.717) is 5.52 Å². The minimum atomic E-state index is -1.03. The van der Waals surface area contributed by atoms with E-state index in [2.05, 4.69) is 16.9 Å². The molecule has 0 saturated carbocycles. The zero-order valence-electron chi connectivity index (χ0n) is 11.3. The second-order valence-electron chi connectivity index (χ2n) is 5.34. The van der Waals surface area contributed by atoms with Crippen molar-refractivity contribution < 1.29 is 15.0 Å². The quantitative estimate of drug-likeness (QED) is 0.869. The zero-order valence-corrected chi connectivity index (χ0v) is 11.3. The Balaban J connectivity index is 2.10. The number of aromatic hydroxyl groups is 1. The maximum Gasteiger partial charge on any atom is 0.356 e. The predicted octanol–water partition coefficient (Wildman–Crippen LogP) is 1.55. The Morgan fingerprint density at radius 3 is 2.70 bits per heavy atom. The Morgan fingerprint density at radius 2 is 2.05 bits per heavy atom. The molecule has 0 aliphatic carbocycles. The van der Waals surface area contributed by atoms with E-state index in [1.165, 1.54) is 6.07 Å². The highest BCUT2D eigenvalue weighted by Crippen LogP contribution is 2.29. The van der Waals surface area contributed by atoms with E-state index in [-0.39, 0.29) is 17.4 Å². The van der Waals surface area contributed by atoms with Crippen LogP contribution in [0.5, 0.6) is 5.75 Å². The fraction of sp³-hybridized carbons (Fsp3) is 0.429. The second kappa shape index (κ2) is 4.79. The van der Waals surface area contributed by atoms with Crippen molar-refractivity contribution in [2.75, 3.05) is 20.1 Å². The Bertz CT molecular complexity index is 657. The van der Waals surface area contributed by atoms with Crippen molar-refractivity contribution in [2.45, 2.75) is 18.8 Å². The van der Waals surface area contributed by atoms with Crippen molar-refractivity contribution in [3.8, 4) is 5.75 Å². The molecule has 6 nitrogen and oxygen atoms in total. The van der Waals surface area contributed by atoms with E-state index in [1.807, 2.05) is 0 Å². The van der Waals surface area contributed by atoms with Gasteiger partial charge < -0.3 is 15.1 Å². The van der Waals surface area contributed by atoms with Gasteiger partial charge in [-0.1, -0.05) is 0 Å². The van der Waals surface area contributed by atoms with Gasteiger partial charge in [-0.15, -0.1) is 0 Å². The first-order valence-corrected chi connectivity index (χ1v) is 6.69. The lowest BCUT2D eigenvalue weighted by atomic mass is 9.96. The number of piperidine rings is 1. The first-order chi connectivity index (χ1) is 9.56. The van der Waals surface area contributed by atoms with E-state index in [4.69, 9.17) is 0 Å². The SMILES string of the molecule is CN1CCC(c2nc(C(=O)O)c3ccc(O)cn23)CC1. The normalized spacial score (nSPS) is 17.6. The van der Waals surface area contributed by atoms with Gasteiger partial charge >= 0.3 is 5.97 Å². The van der Waals surface area contributed by atoms with Crippen molar-refractivity contribution in [2.24, 2.45) is 0 Å². The highest BCUT2D eigenvalue weighted by Gasteiger charge is 2.25. The minimum absolute atomic E-state index is 0.0546. The lowest BCUT2D eigenvalue weighted by Crippen LogP contribution is -2.29. The minimum Gasteiger partial charge on any atom is -0.506 e. The summed E-state index contributed by atoms with van der Waals surface area (Å²) in [7, 11) is 2.08. The molecule has 1 saturated heterocycles. The van der Waals surface area contributed by atoms with Crippen LogP contribution < -0.4 is 0 Å². The topological polar surface area (TPSA) is 78.1 Å². The number of likely N-dealkylation sites (tertiary alicyclic amines) is 1. The molecule has 0 radical (unpaired) electrons. The first-order valence-electron chi connectivity index (χ1n) is 6.69. The van der Waals surface area contributed by atoms with E-state index < -0.39 is 5.97 Å². The lowest BCUT2D eigenvalue weighted by molar-refractivity contribution is 0.0693. The Labute approximate surface area is 116 Å². The number of carboxylic acids is 1. The Hall–Kier alpha value is -2.08. The summed E-state index contributed by atoms with van der Waals surface area (Å²) in [6.45, 7) is 1.95. The third-order valence-electron chi connectivity index (χ3n) is 3.93. The molecule has 2 aromatic rings. The third kappa shape index (κ3) is 2.12. The lowest BCUT2D eigenvalue weighted by Gasteiger charge is -2.28. The van der Waals surface area contributed by atoms with Gasteiger partial charge in [0.2, 0.25) is 0 Å². The van der Waals surface area contributed by atoms with Gasteiger partial charge in [0.25, 0.3) is 0 Å². The zero-order chi connectivity index (χ0) is 14.3. The van der Waals surface area contributed by atoms with Crippen LogP contribution in [-0.2, 0) is 0 Å². The number of nitrogens with zero attached hydrogens (tertiary/aromatic N) is 3. The van der Waals surface area contributed by atoms with Gasteiger partial charge in [-0.3, -0.25) is 4.40 Å². The highest BCUT2D eigenvalue weighted by molar-refractivity contribution is 5.93. The smallest absolute Gasteiger partial charge is 0.356 e. The maximum atomic E-state index is 11.3. The van der Waals surface area contributed by atoms with E-state index >= 15 is 0 Å². The van der Waals surface area contributed by atoms with Crippen LogP contribution in [0.25, 0.3) is 5.52 Å². The van der Waals surface area contributed by atoms with Gasteiger partial charge in [0.05, 0.1) is 11.7 Å². The summed E-state index contributed by atoms with van der Waals surface area (Å²) in [5.41, 5.74) is 0.586. The summed E-state index contributed by atoms with van der Waals surface area (Å²) < 4.78 is 1.72. The number of rotatable bonds is 2. The Morgan fingerprint density at radius 1 is 1.35 bits per heavy atom. The molecule has 0 aromatic carbocycles. The summed E-state index contributed by atoms with van der Waals surface area (Å²) in [4.78, 5) is 17.9. The van der Waals surface area contributed by atoms with Crippen LogP contribution in [0.15, 0.2) is 18.3 Å². The molecule has 3 heterocycles. The van der Waals surface area contributed by atoms with Crippen LogP contribution in [0, 0.1) is 0 Å². The predicted molar refractivity (Wildman–Crippen MR) is 73.3 cm³/mol. The molecular formula is C14H17N3O3. The molecule has 6 heteroatoms. The van der Waals surface area contributed by atoms with E-state index in [0.717, 1.165) is 31.8 Å². The maximum absolute atomic E-state index is 11.3. The second-order valence-corrected chi connectivity index (χ2v) is 5.34. The van der Waals surface area contributed by atoms with Gasteiger partial charge in [-0.25, -0.2) is 9.78 Å². The van der Waals surface area contributed by atoms with Gasteiger partial charge in [-0.05, 0) is 45.1 Å². The summed E-state index contributed by atoms with van der Waals surface area (Å²) in [5, 5.41) is 18.9. The van der Waals surface area contributed by atoms with Crippen LogP contribution in [0.3, 0.4) is 0 Å². The molecule has 2 N–H and O–H groups in total. The first kappa shape index (κ1) is 12.9. The number of pyridine rings is 1. The fourth-order valence-electron chi connectivity index (χ4n) is 2.81. The van der Waals surface area contributed by atoms with Crippen molar-refractivity contribution in [1.82, 2.24) is 14.3 Å². The number of carbonyl (C=O) groups is 1. The molecule has 1 fully saturated rings. The number of fused-ring (bicyclic) bond motifs is 1. The molecule has 1 aliphatic heterocycles. The molecule has 0 unspecified atom stereocenters. The molecular weight excluding hydrogens is 258 g/mol. The number of carboxylic acid groups (broad SMARTS) is 1. The van der Waals surface area contributed by atoms with Gasteiger partial charge in [0.1, 0.15) is 11.6 Å². The molecule has 0 bridgehead atoms. The summed E-state index contributed by atoms with van der Waals surface area (Å²) >= 11 is 0. The van der Waals surface area contributed by atoms with Crippen molar-refractivity contribution in [3.05, 3.63) is 29.8 Å². The van der Waals surface area contributed by atoms with E-state index in [1.54, 1.807) is 16.7 Å². The van der Waals surface area contributed by atoms with Crippen LogP contribution in [0.4, 0.5) is 0 Å². The van der Waals surface area contributed by atoms with Crippen molar-refractivity contribution in [1.29, 1.82) is 0 Å². The van der Waals surface area contributed by atoms with Crippen LogP contribution in [-0.4, -0.2) is 50.6 Å². The molecule has 0 spiro atoms. The number of hydrogen-bond acceptors (Lipinski definition) is 4. The van der Waals surface area contributed by atoms with Crippen LogP contribution in [0.2, 0.25) is 0 Å². The van der Waals surface area contributed by atoms with Crippen molar-refractivity contribution >= 4 is 11.5 Å². The molecule has 20 heavy (non-hydrogen) atoms. The van der Waals surface area contributed by atoms with Gasteiger partial charge in [-0.2, -0.15) is 0 Å². The average molecular weight is 275 g/mol. The standard InChI is InChI=1S/C14H17N3O3/c1-16-6-4-9(5-7-16)13-15-12(14(19)20)11-3-2-10(18)8-17(11)13/h2-3,8-9,18H,4-7H2,1H3,(H,19,20). The number of aromatic nitrogens is 2. The molecule has 3 rings (SSSR count). The monoisotopic (exact) mass is 275 g/mol.